The summed E-state index contributed by atoms with van der Waals surface area (Å²) in [7, 11) is -12.0. The van der Waals surface area contributed by atoms with Gasteiger partial charge in [-0.15, -0.1) is 0 Å². The Morgan fingerprint density at radius 1 is 0.378 bits per heavy atom. The van der Waals surface area contributed by atoms with Gasteiger partial charge in [-0.1, -0.05) is 120 Å². The summed E-state index contributed by atoms with van der Waals surface area (Å²) in [5, 5.41) is 10.6. The smallest absolute Gasteiger partial charge is 0.418 e. The number of hydrogen-bond donors (Lipinski definition) is 0. The van der Waals surface area contributed by atoms with Crippen LogP contribution in [0.15, 0.2) is 155 Å². The van der Waals surface area contributed by atoms with E-state index in [1.54, 1.807) is 0 Å². The lowest BCUT2D eigenvalue weighted by molar-refractivity contribution is -0.645. The number of fused-ring (bicyclic) bond motifs is 12. The Morgan fingerprint density at radius 2 is 0.743 bits per heavy atom. The van der Waals surface area contributed by atoms with Crippen molar-refractivity contribution >= 4 is 134 Å². The maximum atomic E-state index is 9.75. The number of pyridine rings is 2. The fourth-order valence-corrected chi connectivity index (χ4v) is 11.8. The van der Waals surface area contributed by atoms with Crippen LogP contribution >= 0.6 is 31.9 Å². The third-order valence-electron chi connectivity index (χ3n) is 13.4. The predicted octanol–water partition coefficient (Wildman–Crippen LogP) is 18.9. The van der Waals surface area contributed by atoms with E-state index in [-0.39, 0.29) is 0 Å². The van der Waals surface area contributed by atoms with E-state index >= 15 is 0 Å². The molecule has 0 amide bonds. The average Bonchev–Trinajstić information content (AvgIpc) is 3.36. The lowest BCUT2D eigenvalue weighted by atomic mass is 9.86. The van der Waals surface area contributed by atoms with Crippen molar-refractivity contribution < 1.29 is 43.7 Å². The van der Waals surface area contributed by atoms with E-state index in [4.69, 9.17) is 0 Å². The Balaban J connectivity index is 0.000000154. The Hall–Kier alpha value is -6.25. The second-order valence-corrected chi connectivity index (χ2v) is 20.2. The molecule has 380 valence electrons. The molecule has 0 aliphatic carbocycles. The summed E-state index contributed by atoms with van der Waals surface area (Å²) in [5.74, 6) is 0. The molecule has 8 aromatic carbocycles. The number of nitrogens with zero attached hydrogens (tertiary/aromatic N) is 4. The van der Waals surface area contributed by atoms with E-state index in [2.05, 4.69) is 224 Å². The molecule has 4 heterocycles. The van der Waals surface area contributed by atoms with E-state index < -0.39 is 14.5 Å². The molecule has 2 aromatic heterocycles. The van der Waals surface area contributed by atoms with Crippen LogP contribution in [0.3, 0.4) is 0 Å². The minimum absolute atomic E-state index is 1.01. The molecular weight excluding hydrogens is 1090 g/mol. The molecule has 2 aliphatic rings. The van der Waals surface area contributed by atoms with Gasteiger partial charge in [-0.2, -0.15) is 9.13 Å². The zero-order valence-electron chi connectivity index (χ0n) is 41.2. The summed E-state index contributed by atoms with van der Waals surface area (Å²) >= 11 is 7.35. The third kappa shape index (κ3) is 10.3. The van der Waals surface area contributed by atoms with E-state index in [1.807, 2.05) is 0 Å². The highest BCUT2D eigenvalue weighted by molar-refractivity contribution is 9.10. The first kappa shape index (κ1) is 52.6. The summed E-state index contributed by atoms with van der Waals surface area (Å²) in [6, 6.07) is 54.2. The predicted molar refractivity (Wildman–Crippen MR) is 300 cm³/mol. The Morgan fingerprint density at radius 3 is 1.11 bits per heavy atom. The zero-order valence-corrected chi connectivity index (χ0v) is 44.4. The second-order valence-electron chi connectivity index (χ2n) is 18.4. The number of hydrogen-bond acceptors (Lipinski definition) is 2. The highest BCUT2D eigenvalue weighted by Gasteiger charge is 2.34. The molecule has 0 spiro atoms. The number of aryl methyl sites for hydroxylation is 2. The Bertz CT molecular complexity index is 3500. The first-order valence-electron chi connectivity index (χ1n) is 24.9. The molecule has 0 saturated heterocycles. The Labute approximate surface area is 441 Å². The normalized spacial score (nSPS) is 12.6. The fraction of sp³-hybridized carbons (Fsp3) is 0.207. The van der Waals surface area contributed by atoms with Crippen LogP contribution in [0.2, 0.25) is 0 Å². The minimum Gasteiger partial charge on any atom is -0.418 e. The van der Waals surface area contributed by atoms with Crippen LogP contribution in [0.25, 0.3) is 87.4 Å². The number of halogens is 10. The van der Waals surface area contributed by atoms with E-state index in [1.165, 1.54) is 110 Å². The molecule has 2 aliphatic heterocycles. The van der Waals surface area contributed by atoms with Gasteiger partial charge in [-0.25, -0.2) is 0 Å². The van der Waals surface area contributed by atoms with Crippen LogP contribution in [-0.2, 0) is 13.1 Å². The molecule has 0 fully saturated rings. The number of aromatic nitrogens is 2. The van der Waals surface area contributed by atoms with Crippen molar-refractivity contribution in [2.45, 2.75) is 66.5 Å². The van der Waals surface area contributed by atoms with Crippen LogP contribution in [0.5, 0.6) is 0 Å². The molecule has 0 unspecified atom stereocenters. The molecule has 16 heteroatoms. The number of benzene rings is 8. The van der Waals surface area contributed by atoms with Crippen LogP contribution < -0.4 is 18.9 Å². The molecule has 0 saturated carbocycles. The molecule has 0 bridgehead atoms. The van der Waals surface area contributed by atoms with E-state index in [0.29, 0.717) is 0 Å². The monoisotopic (exact) mass is 1140 g/mol. The highest BCUT2D eigenvalue weighted by Crippen LogP contribution is 2.54. The van der Waals surface area contributed by atoms with Gasteiger partial charge in [0.25, 0.3) is 0 Å². The van der Waals surface area contributed by atoms with Crippen LogP contribution in [0.1, 0.15) is 53.4 Å². The first-order valence-corrected chi connectivity index (χ1v) is 26.5. The summed E-state index contributed by atoms with van der Waals surface area (Å²) in [6.07, 6.45) is 4.43. The van der Waals surface area contributed by atoms with Crippen LogP contribution in [0.4, 0.5) is 57.3 Å². The van der Waals surface area contributed by atoms with Crippen LogP contribution in [-0.4, -0.2) is 27.6 Å². The third-order valence-corrected chi connectivity index (χ3v) is 14.4. The van der Waals surface area contributed by atoms with Crippen molar-refractivity contribution in [2.75, 3.05) is 22.9 Å². The SMILES string of the molecule is CCCN1c2ccc3cc(Br)ccc3c2-c2c3ccccc3[n+](CCC)c3cccc1c23.CCCN1c2ccc3cc(Br)ccc3c2-c2c3ccccc3[n+](CCC)c3cccc1c23.F[B-](F)(F)F.F[B-](F)(F)F. The van der Waals surface area contributed by atoms with Gasteiger partial charge in [-0.3, -0.25) is 0 Å². The molecule has 0 N–H and O–H groups in total. The van der Waals surface area contributed by atoms with E-state index in [9.17, 15) is 34.5 Å². The maximum absolute atomic E-state index is 9.75. The molecule has 12 rings (SSSR count). The van der Waals surface area contributed by atoms with Crippen molar-refractivity contribution in [3.8, 4) is 22.3 Å². The summed E-state index contributed by atoms with van der Waals surface area (Å²) in [4.78, 5) is 5.08. The summed E-state index contributed by atoms with van der Waals surface area (Å²) in [5.41, 5.74) is 16.1. The van der Waals surface area contributed by atoms with Crippen molar-refractivity contribution in [1.29, 1.82) is 0 Å². The second kappa shape index (κ2) is 21.5. The molecule has 10 aromatic rings. The summed E-state index contributed by atoms with van der Waals surface area (Å²) < 4.78 is 85.3. The highest BCUT2D eigenvalue weighted by atomic mass is 79.9. The lowest BCUT2D eigenvalue weighted by Crippen LogP contribution is -2.36. The van der Waals surface area contributed by atoms with Gasteiger partial charge in [0.05, 0.1) is 32.9 Å². The van der Waals surface area contributed by atoms with Crippen molar-refractivity contribution in [1.82, 2.24) is 0 Å². The molecule has 0 radical (unpaired) electrons. The Kier molecular flexibility index (Phi) is 15.3. The quantitative estimate of drug-likeness (QED) is 0.0652. The molecular formula is C58H52B2Br2F8N4. The molecule has 0 atom stereocenters. The van der Waals surface area contributed by atoms with Gasteiger partial charge in [0, 0.05) is 92.8 Å². The number of rotatable bonds is 8. The standard InChI is InChI=1S/2C29H26BrN2.2BF4/c2*1-3-16-31-23-9-6-5-8-22(23)28-27-21-14-13-20(30)18-19(21)12-15-26(27)32(17-4-2)25-11-7-10-24(31)29(25)28;2*2-1(3,4)5/h2*5-15,18H,3-4,16-17H2,1-2H3;;/q2*+1;2*-1. The van der Waals surface area contributed by atoms with Gasteiger partial charge in [0.2, 0.25) is 22.1 Å². The first-order chi connectivity index (χ1) is 35.4. The van der Waals surface area contributed by atoms with Gasteiger partial charge < -0.3 is 44.3 Å². The van der Waals surface area contributed by atoms with Gasteiger partial charge >= 0.3 is 14.5 Å². The summed E-state index contributed by atoms with van der Waals surface area (Å²) in [6.45, 7) is 13.1. The van der Waals surface area contributed by atoms with E-state index in [0.717, 1.165) is 60.8 Å². The lowest BCUT2D eigenvalue weighted by Gasteiger charge is -2.34. The number of anilines is 4. The molecule has 74 heavy (non-hydrogen) atoms. The zero-order chi connectivity index (χ0) is 52.6. The topological polar surface area (TPSA) is 14.2 Å². The van der Waals surface area contributed by atoms with Gasteiger partial charge in [0.15, 0.2) is 0 Å². The van der Waals surface area contributed by atoms with Gasteiger partial charge in [0.1, 0.15) is 13.1 Å². The van der Waals surface area contributed by atoms with Crippen molar-refractivity contribution in [2.24, 2.45) is 0 Å². The van der Waals surface area contributed by atoms with Crippen molar-refractivity contribution in [3.63, 3.8) is 0 Å². The number of para-hydroxylation sites is 2. The fourth-order valence-electron chi connectivity index (χ4n) is 11.0. The average molecular weight is 1140 g/mol. The van der Waals surface area contributed by atoms with Crippen LogP contribution in [0, 0.1) is 0 Å². The van der Waals surface area contributed by atoms with Crippen molar-refractivity contribution in [3.05, 3.63) is 155 Å². The van der Waals surface area contributed by atoms with Gasteiger partial charge in [-0.05, 0) is 95.1 Å². The maximum Gasteiger partial charge on any atom is 0.673 e. The largest absolute Gasteiger partial charge is 0.673 e. The molecule has 4 nitrogen and oxygen atoms in total. The minimum atomic E-state index is -6.00.